The molecule has 0 saturated heterocycles. The molecule has 1 aromatic heterocycles. The maximum Gasteiger partial charge on any atom is 0.244 e. The molecule has 0 bridgehead atoms. The third-order valence-corrected chi connectivity index (χ3v) is 7.59. The second-order valence-corrected chi connectivity index (χ2v) is 10.4. The number of nitrogens with one attached hydrogen (secondary N) is 2. The van der Waals surface area contributed by atoms with Gasteiger partial charge in [0.2, 0.25) is 11.8 Å². The van der Waals surface area contributed by atoms with Gasteiger partial charge in [0.1, 0.15) is 11.0 Å². The van der Waals surface area contributed by atoms with Gasteiger partial charge in [0.05, 0.1) is 12.8 Å². The van der Waals surface area contributed by atoms with Crippen LogP contribution in [0.2, 0.25) is 0 Å². The molecule has 0 spiro atoms. The second-order valence-electron chi connectivity index (χ2n) is 8.32. The van der Waals surface area contributed by atoms with E-state index in [-0.39, 0.29) is 11.8 Å². The molecule has 0 saturated carbocycles. The van der Waals surface area contributed by atoms with E-state index < -0.39 is 5.25 Å². The first-order valence-electron chi connectivity index (χ1n) is 12.1. The molecular formula is C29H29N3O3S2. The molecule has 190 valence electrons. The van der Waals surface area contributed by atoms with Gasteiger partial charge in [-0.2, -0.15) is 0 Å². The topological polar surface area (TPSA) is 80.3 Å². The Bertz CT molecular complexity index is 1340. The van der Waals surface area contributed by atoms with Crippen molar-refractivity contribution in [1.29, 1.82) is 0 Å². The molecule has 1 unspecified atom stereocenters. The summed E-state index contributed by atoms with van der Waals surface area (Å²) < 4.78 is 5.45. The molecule has 6 nitrogen and oxygen atoms in total. The zero-order valence-electron chi connectivity index (χ0n) is 20.8. The van der Waals surface area contributed by atoms with Crippen LogP contribution in [0.1, 0.15) is 37.0 Å². The van der Waals surface area contributed by atoms with Crippen LogP contribution in [0.25, 0.3) is 11.3 Å². The number of nitrogens with zero attached hydrogens (tertiary/aromatic N) is 1. The fourth-order valence-electron chi connectivity index (χ4n) is 3.73. The number of methoxy groups -OCH3 is 1. The minimum Gasteiger partial charge on any atom is -0.496 e. The van der Waals surface area contributed by atoms with E-state index in [9.17, 15) is 9.59 Å². The Labute approximate surface area is 225 Å². The van der Waals surface area contributed by atoms with E-state index in [1.54, 1.807) is 7.11 Å². The van der Waals surface area contributed by atoms with Crippen molar-refractivity contribution in [3.63, 3.8) is 0 Å². The van der Waals surface area contributed by atoms with Gasteiger partial charge in [-0.05, 0) is 42.3 Å². The van der Waals surface area contributed by atoms with Crippen LogP contribution in [0.5, 0.6) is 5.75 Å². The third-order valence-electron chi connectivity index (χ3n) is 5.59. The van der Waals surface area contributed by atoms with Crippen molar-refractivity contribution in [1.82, 2.24) is 4.98 Å². The molecule has 1 heterocycles. The summed E-state index contributed by atoms with van der Waals surface area (Å²) in [5.41, 5.74) is 3.21. The highest BCUT2D eigenvalue weighted by Gasteiger charge is 2.23. The van der Waals surface area contributed by atoms with Crippen molar-refractivity contribution in [2.45, 2.75) is 36.3 Å². The number of thiazole rings is 1. The van der Waals surface area contributed by atoms with Gasteiger partial charge < -0.3 is 15.4 Å². The Morgan fingerprint density at radius 3 is 2.57 bits per heavy atom. The monoisotopic (exact) mass is 531 g/mol. The summed E-state index contributed by atoms with van der Waals surface area (Å²) >= 11 is 2.80. The molecule has 0 aliphatic rings. The van der Waals surface area contributed by atoms with Crippen LogP contribution in [-0.4, -0.2) is 23.9 Å². The van der Waals surface area contributed by atoms with E-state index in [0.29, 0.717) is 11.6 Å². The number of amides is 2. The molecule has 0 aliphatic carbocycles. The van der Waals surface area contributed by atoms with Gasteiger partial charge in [0.25, 0.3) is 0 Å². The lowest BCUT2D eigenvalue weighted by Crippen LogP contribution is -2.19. The fourth-order valence-corrected chi connectivity index (χ4v) is 5.52. The highest BCUT2D eigenvalue weighted by atomic mass is 32.2. The van der Waals surface area contributed by atoms with E-state index in [1.807, 2.05) is 84.2 Å². The summed E-state index contributed by atoms with van der Waals surface area (Å²) in [7, 11) is 1.63. The number of unbranched alkanes of at least 4 members (excludes halogenated alkanes) is 1. The summed E-state index contributed by atoms with van der Waals surface area (Å²) in [6, 6.07) is 24.9. The molecule has 0 fully saturated rings. The normalized spacial score (nSPS) is 11.5. The van der Waals surface area contributed by atoms with Gasteiger partial charge >= 0.3 is 0 Å². The third kappa shape index (κ3) is 7.21. The van der Waals surface area contributed by atoms with Crippen LogP contribution in [-0.2, 0) is 9.59 Å². The van der Waals surface area contributed by atoms with Gasteiger partial charge in [-0.1, -0.05) is 61.9 Å². The van der Waals surface area contributed by atoms with Crippen LogP contribution in [0, 0.1) is 0 Å². The second kappa shape index (κ2) is 13.1. The lowest BCUT2D eigenvalue weighted by Gasteiger charge is -2.17. The average molecular weight is 532 g/mol. The van der Waals surface area contributed by atoms with Crippen molar-refractivity contribution in [2.24, 2.45) is 0 Å². The predicted molar refractivity (Wildman–Crippen MR) is 152 cm³/mol. The van der Waals surface area contributed by atoms with E-state index in [1.165, 1.54) is 23.1 Å². The number of hydrogen-bond acceptors (Lipinski definition) is 6. The largest absolute Gasteiger partial charge is 0.496 e. The number of rotatable bonds is 11. The van der Waals surface area contributed by atoms with Crippen LogP contribution in [0.3, 0.4) is 0 Å². The highest BCUT2D eigenvalue weighted by Crippen LogP contribution is 2.38. The molecule has 0 radical (unpaired) electrons. The molecular weight excluding hydrogens is 502 g/mol. The molecule has 2 amide bonds. The van der Waals surface area contributed by atoms with E-state index in [2.05, 4.69) is 22.5 Å². The SMILES string of the molecule is CCCCC(=O)Nc1cccc(SC(C(=O)Nc2nc(-c3ccccc3OC)cs2)c2ccccc2)c1. The van der Waals surface area contributed by atoms with Crippen molar-refractivity contribution in [3.8, 4) is 17.0 Å². The van der Waals surface area contributed by atoms with Crippen LogP contribution >= 0.6 is 23.1 Å². The van der Waals surface area contributed by atoms with Gasteiger partial charge in [0, 0.05) is 27.9 Å². The summed E-state index contributed by atoms with van der Waals surface area (Å²) in [6.07, 6.45) is 2.32. The molecule has 37 heavy (non-hydrogen) atoms. The Hall–Kier alpha value is -3.62. The number of ether oxygens (including phenoxy) is 1. The average Bonchev–Trinajstić information content (AvgIpc) is 3.39. The number of para-hydroxylation sites is 1. The van der Waals surface area contributed by atoms with Crippen molar-refractivity contribution in [2.75, 3.05) is 17.7 Å². The smallest absolute Gasteiger partial charge is 0.244 e. The van der Waals surface area contributed by atoms with Gasteiger partial charge in [0.15, 0.2) is 5.13 Å². The zero-order chi connectivity index (χ0) is 26.0. The molecule has 1 atom stereocenters. The first-order chi connectivity index (χ1) is 18.1. The molecule has 0 aliphatic heterocycles. The number of aromatic nitrogens is 1. The molecule has 4 aromatic rings. The Morgan fingerprint density at radius 2 is 1.78 bits per heavy atom. The van der Waals surface area contributed by atoms with Crippen molar-refractivity contribution < 1.29 is 14.3 Å². The first kappa shape index (κ1) is 26.4. The minimum absolute atomic E-state index is 0.00373. The van der Waals surface area contributed by atoms with E-state index in [4.69, 9.17) is 4.74 Å². The maximum atomic E-state index is 13.5. The van der Waals surface area contributed by atoms with E-state index >= 15 is 0 Å². The van der Waals surface area contributed by atoms with Crippen molar-refractivity contribution in [3.05, 3.63) is 89.8 Å². The lowest BCUT2D eigenvalue weighted by atomic mass is 10.1. The summed E-state index contributed by atoms with van der Waals surface area (Å²) in [6.45, 7) is 2.06. The zero-order valence-corrected chi connectivity index (χ0v) is 22.4. The quantitative estimate of drug-likeness (QED) is 0.197. The highest BCUT2D eigenvalue weighted by molar-refractivity contribution is 8.00. The fraction of sp³-hybridized carbons (Fsp3) is 0.207. The number of carbonyl (C=O) groups is 2. The van der Waals surface area contributed by atoms with Gasteiger partial charge in [-0.3, -0.25) is 9.59 Å². The minimum atomic E-state index is -0.508. The van der Waals surface area contributed by atoms with Crippen LogP contribution in [0.4, 0.5) is 10.8 Å². The Morgan fingerprint density at radius 1 is 1.00 bits per heavy atom. The molecule has 4 rings (SSSR count). The molecule has 3 aromatic carbocycles. The summed E-state index contributed by atoms with van der Waals surface area (Å²) in [4.78, 5) is 31.2. The maximum absolute atomic E-state index is 13.5. The number of hydrogen-bond donors (Lipinski definition) is 2. The standard InChI is InChI=1S/C29H29N3O3S2/c1-3-4-17-26(33)30-21-13-10-14-22(18-21)37-27(20-11-6-5-7-12-20)28(34)32-29-31-24(19-36-29)23-15-8-9-16-25(23)35-2/h5-16,18-19,27H,3-4,17H2,1-2H3,(H,30,33)(H,31,32,34). The molecule has 8 heteroatoms. The van der Waals surface area contributed by atoms with Gasteiger partial charge in [-0.15, -0.1) is 23.1 Å². The predicted octanol–water partition coefficient (Wildman–Crippen LogP) is 7.42. The number of benzene rings is 3. The van der Waals surface area contributed by atoms with Crippen LogP contribution < -0.4 is 15.4 Å². The Kier molecular flexibility index (Phi) is 9.35. The number of anilines is 2. The van der Waals surface area contributed by atoms with Crippen LogP contribution in [0.15, 0.2) is 89.1 Å². The Balaban J connectivity index is 1.52. The lowest BCUT2D eigenvalue weighted by molar-refractivity contribution is -0.116. The van der Waals surface area contributed by atoms with Gasteiger partial charge in [-0.25, -0.2) is 4.98 Å². The first-order valence-corrected chi connectivity index (χ1v) is 13.8. The van der Waals surface area contributed by atoms with E-state index in [0.717, 1.165) is 46.0 Å². The number of carbonyl (C=O) groups excluding carboxylic acids is 2. The van der Waals surface area contributed by atoms with Crippen molar-refractivity contribution >= 4 is 45.7 Å². The molecule has 2 N–H and O–H groups in total. The number of thioether (sulfide) groups is 1. The summed E-state index contributed by atoms with van der Waals surface area (Å²) in [5, 5.41) is 7.87. The summed E-state index contributed by atoms with van der Waals surface area (Å²) in [5.74, 6) is 0.551.